The van der Waals surface area contributed by atoms with E-state index >= 15 is 0 Å². The van der Waals surface area contributed by atoms with E-state index in [4.69, 9.17) is 18.6 Å². The zero-order chi connectivity index (χ0) is 24.3. The van der Waals surface area contributed by atoms with Gasteiger partial charge >= 0.3 is 35.6 Å². The molecule has 4 heteroatoms. The first-order chi connectivity index (χ1) is 16.5. The first-order valence-electron chi connectivity index (χ1n) is 11.1. The second-order valence-electron chi connectivity index (χ2n) is 8.08. The monoisotopic (exact) mass is 521 g/mol. The predicted octanol–water partition coefficient (Wildman–Crippen LogP) is 8.91. The summed E-state index contributed by atoms with van der Waals surface area (Å²) in [5.74, 6) is 0. The molecular formula is C30H27Cl2OTi-. The van der Waals surface area contributed by atoms with Crippen LogP contribution in [0.4, 0.5) is 0 Å². The number of aliphatic hydroxyl groups excluding tert-OH is 1. The SMILES string of the molecule is CC1=CC(C)=C(c2[c-]c3ccccc3cc2)C1.OC(c1ccccc1)c1ccccc1.[Cl][Ti][Cl]. The van der Waals surface area contributed by atoms with Gasteiger partial charge in [-0.3, -0.25) is 0 Å². The molecule has 1 aliphatic rings. The Morgan fingerprint density at radius 2 is 1.29 bits per heavy atom. The van der Waals surface area contributed by atoms with Crippen LogP contribution in [-0.2, 0) is 17.0 Å². The summed E-state index contributed by atoms with van der Waals surface area (Å²) >= 11 is -0.556. The van der Waals surface area contributed by atoms with Crippen LogP contribution in [-0.4, -0.2) is 5.11 Å². The van der Waals surface area contributed by atoms with Crippen LogP contribution in [0, 0.1) is 6.07 Å². The summed E-state index contributed by atoms with van der Waals surface area (Å²) in [4.78, 5) is 0. The van der Waals surface area contributed by atoms with E-state index in [1.807, 2.05) is 60.7 Å². The molecule has 4 aromatic carbocycles. The molecule has 172 valence electrons. The van der Waals surface area contributed by atoms with Crippen LogP contribution in [0.2, 0.25) is 0 Å². The van der Waals surface area contributed by atoms with Crippen LogP contribution in [0.25, 0.3) is 16.3 Å². The molecule has 0 unspecified atom stereocenters. The minimum absolute atomic E-state index is 0.516. The molecule has 34 heavy (non-hydrogen) atoms. The number of hydrogen-bond donors (Lipinski definition) is 1. The van der Waals surface area contributed by atoms with Crippen LogP contribution < -0.4 is 0 Å². The first kappa shape index (κ1) is 26.5. The van der Waals surface area contributed by atoms with E-state index in [0.29, 0.717) is 0 Å². The molecule has 0 amide bonds. The normalized spacial score (nSPS) is 12.5. The topological polar surface area (TPSA) is 20.2 Å². The zero-order valence-corrected chi connectivity index (χ0v) is 22.4. The molecule has 0 atom stereocenters. The average Bonchev–Trinajstić information content (AvgIpc) is 3.23. The third kappa shape index (κ3) is 7.44. The summed E-state index contributed by atoms with van der Waals surface area (Å²) in [6, 6.07) is 35.6. The molecule has 0 aliphatic heterocycles. The summed E-state index contributed by atoms with van der Waals surface area (Å²) in [6.07, 6.45) is 2.83. The molecule has 1 nitrogen and oxygen atoms in total. The number of fused-ring (bicyclic) bond motifs is 1. The number of halogens is 2. The molecular weight excluding hydrogens is 495 g/mol. The molecule has 0 aromatic heterocycles. The van der Waals surface area contributed by atoms with Crippen molar-refractivity contribution in [2.75, 3.05) is 0 Å². The molecule has 4 aromatic rings. The number of hydrogen-bond acceptors (Lipinski definition) is 1. The van der Waals surface area contributed by atoms with Gasteiger partial charge in [-0.25, -0.2) is 0 Å². The maximum atomic E-state index is 9.99. The van der Waals surface area contributed by atoms with Crippen molar-refractivity contribution in [3.63, 3.8) is 0 Å². The molecule has 1 N–H and O–H groups in total. The van der Waals surface area contributed by atoms with Gasteiger partial charge in [0.1, 0.15) is 6.10 Å². The summed E-state index contributed by atoms with van der Waals surface area (Å²) in [7, 11) is 9.78. The van der Waals surface area contributed by atoms with Gasteiger partial charge in [0.2, 0.25) is 0 Å². The van der Waals surface area contributed by atoms with E-state index in [1.54, 1.807) is 0 Å². The van der Waals surface area contributed by atoms with Crippen molar-refractivity contribution in [1.29, 1.82) is 0 Å². The third-order valence-electron chi connectivity index (χ3n) is 5.61. The second kappa shape index (κ2) is 13.7. The molecule has 0 fully saturated rings. The summed E-state index contributed by atoms with van der Waals surface area (Å²) in [6.45, 7) is 4.38. The fraction of sp³-hybridized carbons (Fsp3) is 0.133. The molecule has 0 saturated heterocycles. The molecule has 0 heterocycles. The minimum atomic E-state index is -0.556. The van der Waals surface area contributed by atoms with Crippen molar-refractivity contribution in [1.82, 2.24) is 0 Å². The molecule has 5 rings (SSSR count). The maximum absolute atomic E-state index is 9.99. The van der Waals surface area contributed by atoms with E-state index in [-0.39, 0.29) is 0 Å². The van der Waals surface area contributed by atoms with Gasteiger partial charge in [0, 0.05) is 0 Å². The summed E-state index contributed by atoms with van der Waals surface area (Å²) in [5, 5.41) is 12.5. The molecule has 0 bridgehead atoms. The summed E-state index contributed by atoms with van der Waals surface area (Å²) in [5.41, 5.74) is 7.35. The Balaban J connectivity index is 0.000000174. The molecule has 0 radical (unpaired) electrons. The van der Waals surface area contributed by atoms with Gasteiger partial charge in [-0.15, -0.1) is 35.2 Å². The first-order valence-corrected chi connectivity index (χ1v) is 15.4. The summed E-state index contributed by atoms with van der Waals surface area (Å²) < 4.78 is 0. The van der Waals surface area contributed by atoms with Crippen molar-refractivity contribution >= 4 is 35.0 Å². The Morgan fingerprint density at radius 3 is 1.82 bits per heavy atom. The van der Waals surface area contributed by atoms with Crippen molar-refractivity contribution in [3.05, 3.63) is 137 Å². The third-order valence-corrected chi connectivity index (χ3v) is 5.61. The van der Waals surface area contributed by atoms with Crippen molar-refractivity contribution < 1.29 is 22.1 Å². The van der Waals surface area contributed by atoms with Gasteiger partial charge in [0.25, 0.3) is 0 Å². The predicted molar refractivity (Wildman–Crippen MR) is 142 cm³/mol. The Hall–Kier alpha value is -2.13. The van der Waals surface area contributed by atoms with Gasteiger partial charge in [-0.05, 0) is 31.4 Å². The standard InChI is InChI=1S/C17H15.C13H12O.2ClH.Ti/c1-12-9-13(2)17(10-12)16-8-7-14-5-3-4-6-15(14)11-16;14-13(11-7-3-1-4-8-11)12-9-5-2-6-10-12;;;/h3-9H,10H2,1-2H3;1-10,13-14H;2*1H;/q-1;;;;+2/p-2. The van der Waals surface area contributed by atoms with Crippen LogP contribution in [0.1, 0.15) is 43.1 Å². The van der Waals surface area contributed by atoms with Crippen LogP contribution >= 0.6 is 18.6 Å². The molecule has 0 spiro atoms. The van der Waals surface area contributed by atoms with Crippen molar-refractivity contribution in [2.45, 2.75) is 26.4 Å². The number of rotatable bonds is 3. The van der Waals surface area contributed by atoms with Gasteiger partial charge < -0.3 is 5.11 Å². The average molecular weight is 522 g/mol. The van der Waals surface area contributed by atoms with Gasteiger partial charge in [0.05, 0.1) is 0 Å². The van der Waals surface area contributed by atoms with Gasteiger partial charge in [0.15, 0.2) is 0 Å². The van der Waals surface area contributed by atoms with E-state index in [2.05, 4.69) is 62.4 Å². The van der Waals surface area contributed by atoms with Crippen LogP contribution in [0.5, 0.6) is 0 Å². The fourth-order valence-electron chi connectivity index (χ4n) is 3.99. The van der Waals surface area contributed by atoms with E-state index in [9.17, 15) is 5.11 Å². The van der Waals surface area contributed by atoms with Crippen molar-refractivity contribution in [3.8, 4) is 0 Å². The van der Waals surface area contributed by atoms with E-state index in [1.165, 1.54) is 33.1 Å². The van der Waals surface area contributed by atoms with Crippen LogP contribution in [0.15, 0.2) is 114 Å². The van der Waals surface area contributed by atoms with E-state index < -0.39 is 23.1 Å². The Kier molecular flexibility index (Phi) is 10.7. The van der Waals surface area contributed by atoms with Crippen molar-refractivity contribution in [2.24, 2.45) is 0 Å². The molecule has 0 saturated carbocycles. The Labute approximate surface area is 219 Å². The molecule has 1 aliphatic carbocycles. The number of allylic oxidation sites excluding steroid dienone is 4. The fourth-order valence-corrected chi connectivity index (χ4v) is 3.99. The Bertz CT molecular complexity index is 1210. The van der Waals surface area contributed by atoms with Crippen LogP contribution in [0.3, 0.4) is 0 Å². The Morgan fingerprint density at radius 1 is 0.765 bits per heavy atom. The second-order valence-corrected chi connectivity index (χ2v) is 10.7. The zero-order valence-electron chi connectivity index (χ0n) is 19.3. The van der Waals surface area contributed by atoms with Gasteiger partial charge in [-0.2, -0.15) is 0 Å². The number of benzene rings is 4. The van der Waals surface area contributed by atoms with Gasteiger partial charge in [-0.1, -0.05) is 107 Å². The quantitative estimate of drug-likeness (QED) is 0.211. The van der Waals surface area contributed by atoms with E-state index in [0.717, 1.165) is 17.5 Å². The number of aliphatic hydroxyl groups is 1.